The summed E-state index contributed by atoms with van der Waals surface area (Å²) in [6.45, 7) is 1.22. The third-order valence-corrected chi connectivity index (χ3v) is 4.00. The Morgan fingerprint density at radius 1 is 1.20 bits per heavy atom. The first kappa shape index (κ1) is 19.2. The maximum absolute atomic E-state index is 13.1. The topological polar surface area (TPSA) is 46.9 Å². The number of alkyl halides is 4. The SMILES string of the molecule is CCC(NC(=O)Cn1nc(C(F)F)c(Cl)c1C(F)F)c1ccccc1. The van der Waals surface area contributed by atoms with Crippen LogP contribution >= 0.6 is 11.6 Å². The fourth-order valence-electron chi connectivity index (χ4n) is 2.42. The lowest BCUT2D eigenvalue weighted by atomic mass is 10.0. The highest BCUT2D eigenvalue weighted by Gasteiger charge is 2.29. The Morgan fingerprint density at radius 2 is 1.84 bits per heavy atom. The summed E-state index contributed by atoms with van der Waals surface area (Å²) < 4.78 is 52.3. The minimum atomic E-state index is -3.13. The number of carbonyl (C=O) groups excluding carboxylic acids is 1. The van der Waals surface area contributed by atoms with Crippen LogP contribution in [0, 0.1) is 0 Å². The molecule has 0 aliphatic carbocycles. The molecule has 9 heteroatoms. The number of nitrogens with zero attached hydrogens (tertiary/aromatic N) is 2. The van der Waals surface area contributed by atoms with Crippen LogP contribution < -0.4 is 5.32 Å². The maximum Gasteiger partial charge on any atom is 0.283 e. The van der Waals surface area contributed by atoms with E-state index in [9.17, 15) is 22.4 Å². The molecule has 25 heavy (non-hydrogen) atoms. The summed E-state index contributed by atoms with van der Waals surface area (Å²) in [6.07, 6.45) is -5.67. The van der Waals surface area contributed by atoms with E-state index >= 15 is 0 Å². The van der Waals surface area contributed by atoms with Gasteiger partial charge in [-0.15, -0.1) is 0 Å². The molecule has 2 aromatic rings. The Hall–Kier alpha value is -2.09. The molecule has 4 nitrogen and oxygen atoms in total. The van der Waals surface area contributed by atoms with E-state index < -0.39 is 41.7 Å². The van der Waals surface area contributed by atoms with Crippen LogP contribution in [0.2, 0.25) is 5.02 Å². The number of hydrogen-bond donors (Lipinski definition) is 1. The second kappa shape index (κ2) is 8.33. The van der Waals surface area contributed by atoms with Crippen molar-refractivity contribution in [2.75, 3.05) is 0 Å². The fourth-order valence-corrected chi connectivity index (χ4v) is 2.72. The highest BCUT2D eigenvalue weighted by molar-refractivity contribution is 6.32. The molecule has 1 atom stereocenters. The molecular formula is C16H16ClF4N3O. The van der Waals surface area contributed by atoms with Crippen molar-refractivity contribution < 1.29 is 22.4 Å². The van der Waals surface area contributed by atoms with E-state index in [1.807, 2.05) is 25.1 Å². The third-order valence-electron chi connectivity index (χ3n) is 3.61. The van der Waals surface area contributed by atoms with Crippen LogP contribution in [-0.4, -0.2) is 15.7 Å². The van der Waals surface area contributed by atoms with Crippen LogP contribution in [0.3, 0.4) is 0 Å². The van der Waals surface area contributed by atoms with Gasteiger partial charge in [0, 0.05) is 0 Å². The molecule has 0 fully saturated rings. The predicted molar refractivity (Wildman–Crippen MR) is 84.8 cm³/mol. The second-order valence-electron chi connectivity index (χ2n) is 5.28. The lowest BCUT2D eigenvalue weighted by Gasteiger charge is -2.18. The quantitative estimate of drug-likeness (QED) is 0.712. The van der Waals surface area contributed by atoms with Gasteiger partial charge in [0.1, 0.15) is 17.9 Å². The van der Waals surface area contributed by atoms with Crippen molar-refractivity contribution in [1.82, 2.24) is 15.1 Å². The molecule has 0 aliphatic heterocycles. The maximum atomic E-state index is 13.1. The van der Waals surface area contributed by atoms with E-state index in [1.54, 1.807) is 12.1 Å². The highest BCUT2D eigenvalue weighted by atomic mass is 35.5. The lowest BCUT2D eigenvalue weighted by molar-refractivity contribution is -0.122. The van der Waals surface area contributed by atoms with Gasteiger partial charge < -0.3 is 5.32 Å². The Kier molecular flexibility index (Phi) is 6.41. The molecule has 1 N–H and O–H groups in total. The molecule has 0 aliphatic rings. The van der Waals surface area contributed by atoms with Gasteiger partial charge in [0.25, 0.3) is 12.9 Å². The van der Waals surface area contributed by atoms with Gasteiger partial charge >= 0.3 is 0 Å². The van der Waals surface area contributed by atoms with Crippen LogP contribution in [0.1, 0.15) is 49.2 Å². The van der Waals surface area contributed by atoms with Crippen molar-refractivity contribution in [3.05, 3.63) is 52.3 Å². The largest absolute Gasteiger partial charge is 0.348 e. The molecule has 0 saturated carbocycles. The van der Waals surface area contributed by atoms with Gasteiger partial charge in [-0.2, -0.15) is 5.10 Å². The van der Waals surface area contributed by atoms with Crippen LogP contribution in [0.4, 0.5) is 17.6 Å². The standard InChI is InChI=1S/C16H16ClF4N3O/c1-2-10(9-6-4-3-5-7-9)22-11(25)8-24-14(16(20)21)12(17)13(23-24)15(18)19/h3-7,10,15-16H,2,8H2,1H3,(H,22,25). The van der Waals surface area contributed by atoms with Crippen molar-refractivity contribution in [3.63, 3.8) is 0 Å². The highest BCUT2D eigenvalue weighted by Crippen LogP contribution is 2.34. The normalized spacial score (nSPS) is 12.6. The number of halogens is 5. The second-order valence-corrected chi connectivity index (χ2v) is 5.66. The number of aromatic nitrogens is 2. The van der Waals surface area contributed by atoms with E-state index in [2.05, 4.69) is 10.4 Å². The molecule has 1 aromatic heterocycles. The zero-order valence-corrected chi connectivity index (χ0v) is 14.0. The number of carbonyl (C=O) groups is 1. The average molecular weight is 378 g/mol. The monoisotopic (exact) mass is 377 g/mol. The Labute approximate surface area is 146 Å². The van der Waals surface area contributed by atoms with Gasteiger partial charge in [-0.1, -0.05) is 48.9 Å². The molecular weight excluding hydrogens is 362 g/mol. The van der Waals surface area contributed by atoms with Crippen molar-refractivity contribution in [2.24, 2.45) is 0 Å². The summed E-state index contributed by atoms with van der Waals surface area (Å²) >= 11 is 5.56. The summed E-state index contributed by atoms with van der Waals surface area (Å²) in [7, 11) is 0. The molecule has 1 aromatic carbocycles. The first-order chi connectivity index (χ1) is 11.8. The Bertz CT molecular complexity index is 722. The average Bonchev–Trinajstić information content (AvgIpc) is 2.89. The van der Waals surface area contributed by atoms with Gasteiger partial charge in [-0.3, -0.25) is 9.48 Å². The van der Waals surface area contributed by atoms with Gasteiger partial charge in [0.15, 0.2) is 0 Å². The van der Waals surface area contributed by atoms with E-state index in [0.29, 0.717) is 11.1 Å². The lowest BCUT2D eigenvalue weighted by Crippen LogP contribution is -2.32. The van der Waals surface area contributed by atoms with Crippen LogP contribution in [-0.2, 0) is 11.3 Å². The summed E-state index contributed by atoms with van der Waals surface area (Å²) in [5.74, 6) is -0.627. The predicted octanol–water partition coefficient (Wildman–Crippen LogP) is 4.68. The molecule has 0 radical (unpaired) electrons. The molecule has 0 spiro atoms. The summed E-state index contributed by atoms with van der Waals surface area (Å²) in [5.41, 5.74) is -1.00. The Balaban J connectivity index is 2.18. The number of hydrogen-bond acceptors (Lipinski definition) is 2. The molecule has 1 unspecified atom stereocenters. The van der Waals surface area contributed by atoms with E-state index in [0.717, 1.165) is 5.56 Å². The van der Waals surface area contributed by atoms with Gasteiger partial charge in [-0.05, 0) is 12.0 Å². The molecule has 136 valence electrons. The third kappa shape index (κ3) is 4.50. The zero-order valence-electron chi connectivity index (χ0n) is 13.2. The minimum absolute atomic E-state index is 0.329. The Morgan fingerprint density at radius 3 is 2.36 bits per heavy atom. The van der Waals surface area contributed by atoms with Crippen molar-refractivity contribution in [1.29, 1.82) is 0 Å². The molecule has 1 amide bonds. The first-order valence-electron chi connectivity index (χ1n) is 7.51. The van der Waals surface area contributed by atoms with Crippen LogP contribution in [0.15, 0.2) is 30.3 Å². The summed E-state index contributed by atoms with van der Waals surface area (Å²) in [5, 5.41) is 5.24. The smallest absolute Gasteiger partial charge is 0.283 e. The number of nitrogens with one attached hydrogen (secondary N) is 1. The van der Waals surface area contributed by atoms with E-state index in [1.165, 1.54) is 0 Å². The minimum Gasteiger partial charge on any atom is -0.348 e. The van der Waals surface area contributed by atoms with Crippen molar-refractivity contribution >= 4 is 17.5 Å². The van der Waals surface area contributed by atoms with Crippen LogP contribution in [0.25, 0.3) is 0 Å². The summed E-state index contributed by atoms with van der Waals surface area (Å²) in [6, 6.07) is 8.74. The van der Waals surface area contributed by atoms with Gasteiger partial charge in [0.05, 0.1) is 11.1 Å². The molecule has 2 rings (SSSR count). The first-order valence-corrected chi connectivity index (χ1v) is 7.89. The molecule has 0 bridgehead atoms. The van der Waals surface area contributed by atoms with Gasteiger partial charge in [0.2, 0.25) is 5.91 Å². The van der Waals surface area contributed by atoms with E-state index in [-0.39, 0.29) is 6.04 Å². The van der Waals surface area contributed by atoms with E-state index in [4.69, 9.17) is 11.6 Å². The molecule has 1 heterocycles. The fraction of sp³-hybridized carbons (Fsp3) is 0.375. The van der Waals surface area contributed by atoms with Gasteiger partial charge in [-0.25, -0.2) is 17.6 Å². The number of benzene rings is 1. The van der Waals surface area contributed by atoms with Crippen LogP contribution in [0.5, 0.6) is 0 Å². The van der Waals surface area contributed by atoms with Crippen molar-refractivity contribution in [2.45, 2.75) is 38.8 Å². The molecule has 0 saturated heterocycles. The zero-order chi connectivity index (χ0) is 18.6. The summed E-state index contributed by atoms with van der Waals surface area (Å²) in [4.78, 5) is 12.2. The van der Waals surface area contributed by atoms with Crippen molar-refractivity contribution in [3.8, 4) is 0 Å². The number of amides is 1. The number of rotatable bonds is 7.